The molecule has 0 spiro atoms. The topological polar surface area (TPSA) is 63.2 Å². The molecule has 0 aliphatic heterocycles. The second-order valence-corrected chi connectivity index (χ2v) is 7.47. The normalized spacial score (nSPS) is 22.1. The Morgan fingerprint density at radius 1 is 1.47 bits per heavy atom. The van der Waals surface area contributed by atoms with Crippen LogP contribution in [0.3, 0.4) is 0 Å². The van der Waals surface area contributed by atoms with Crippen molar-refractivity contribution in [2.24, 2.45) is 5.92 Å². The molecule has 1 aliphatic rings. The monoisotopic (exact) mass is 325 g/mol. The summed E-state index contributed by atoms with van der Waals surface area (Å²) in [6, 6.07) is 1.93. The van der Waals surface area contributed by atoms with Crippen molar-refractivity contribution >= 4 is 37.2 Å². The smallest absolute Gasteiger partial charge is 0.264 e. The number of carbonyl (C=O) groups is 1. The quantitative estimate of drug-likeness (QED) is 0.868. The predicted molar refractivity (Wildman–Crippen MR) is 69.5 cm³/mol. The molecule has 19 heavy (non-hydrogen) atoms. The van der Waals surface area contributed by atoms with Gasteiger partial charge in [-0.3, -0.25) is 4.79 Å². The third-order valence-electron chi connectivity index (χ3n) is 2.94. The fraction of sp³-hybridized carbons (Fsp3) is 0.364. The van der Waals surface area contributed by atoms with Gasteiger partial charge in [0.1, 0.15) is 4.90 Å². The number of rotatable bonds is 3. The van der Waals surface area contributed by atoms with Gasteiger partial charge >= 0.3 is 0 Å². The maximum Gasteiger partial charge on any atom is 0.264 e. The fourth-order valence-corrected chi connectivity index (χ4v) is 2.89. The van der Waals surface area contributed by atoms with Gasteiger partial charge in [-0.1, -0.05) is 18.5 Å². The van der Waals surface area contributed by atoms with E-state index in [2.05, 4.69) is 5.32 Å². The van der Waals surface area contributed by atoms with Crippen molar-refractivity contribution in [3.8, 4) is 0 Å². The molecule has 2 rings (SSSR count). The second-order valence-electron chi connectivity index (χ2n) is 4.50. The van der Waals surface area contributed by atoms with E-state index in [0.717, 1.165) is 18.6 Å². The van der Waals surface area contributed by atoms with Crippen LogP contribution in [0, 0.1) is 11.7 Å². The second kappa shape index (κ2) is 4.92. The summed E-state index contributed by atoms with van der Waals surface area (Å²) in [7, 11) is 0.793. The summed E-state index contributed by atoms with van der Waals surface area (Å²) in [4.78, 5) is 11.0. The maximum absolute atomic E-state index is 14.0. The molecule has 0 aromatic heterocycles. The Balaban J connectivity index is 2.40. The molecule has 2 atom stereocenters. The Morgan fingerprint density at radius 2 is 2.05 bits per heavy atom. The molecule has 4 nitrogen and oxygen atoms in total. The van der Waals surface area contributed by atoms with Gasteiger partial charge in [0, 0.05) is 21.7 Å². The first-order valence-corrected chi connectivity index (χ1v) is 8.13. The van der Waals surface area contributed by atoms with Crippen molar-refractivity contribution in [2.75, 3.05) is 0 Å². The first-order valence-electron chi connectivity index (χ1n) is 5.44. The molecule has 2 unspecified atom stereocenters. The first kappa shape index (κ1) is 14.6. The molecular weight excluding hydrogens is 316 g/mol. The molecule has 1 saturated carbocycles. The van der Waals surface area contributed by atoms with Crippen LogP contribution in [0.4, 0.5) is 4.39 Å². The largest absolute Gasteiger partial charge is 0.349 e. The van der Waals surface area contributed by atoms with Crippen LogP contribution >= 0.6 is 22.3 Å². The summed E-state index contributed by atoms with van der Waals surface area (Å²) in [6.45, 7) is 1.94. The van der Waals surface area contributed by atoms with Gasteiger partial charge in [-0.2, -0.15) is 0 Å². The molecule has 1 fully saturated rings. The number of hydrogen-bond acceptors (Lipinski definition) is 3. The molecule has 0 bridgehead atoms. The van der Waals surface area contributed by atoms with Crippen molar-refractivity contribution in [1.29, 1.82) is 0 Å². The van der Waals surface area contributed by atoms with E-state index in [1.165, 1.54) is 0 Å². The Bertz CT molecular complexity index is 648. The van der Waals surface area contributed by atoms with Crippen LogP contribution < -0.4 is 5.32 Å². The summed E-state index contributed by atoms with van der Waals surface area (Å²) in [5.74, 6) is -1.55. The molecule has 0 saturated heterocycles. The minimum Gasteiger partial charge on any atom is -0.349 e. The summed E-state index contributed by atoms with van der Waals surface area (Å²) < 4.78 is 36.4. The van der Waals surface area contributed by atoms with E-state index >= 15 is 0 Å². The van der Waals surface area contributed by atoms with Crippen LogP contribution in [-0.2, 0) is 9.05 Å². The Kier molecular flexibility index (Phi) is 3.77. The molecule has 1 aliphatic carbocycles. The van der Waals surface area contributed by atoms with Crippen LogP contribution in [0.1, 0.15) is 23.7 Å². The SMILES string of the molecule is CC1CC1NC(=O)c1cc(Cl)cc(S(=O)(=O)Cl)c1F. The van der Waals surface area contributed by atoms with E-state index in [-0.39, 0.29) is 11.1 Å². The minimum absolute atomic E-state index is 0.0121. The van der Waals surface area contributed by atoms with Crippen molar-refractivity contribution in [3.05, 3.63) is 28.5 Å². The molecule has 104 valence electrons. The molecule has 1 aromatic carbocycles. The van der Waals surface area contributed by atoms with Crippen LogP contribution in [0.5, 0.6) is 0 Å². The third kappa shape index (κ3) is 3.19. The Hall–Kier alpha value is -0.850. The lowest BCUT2D eigenvalue weighted by Crippen LogP contribution is -2.27. The average Bonchev–Trinajstić information content (AvgIpc) is 2.95. The van der Waals surface area contributed by atoms with Crippen LogP contribution in [0.25, 0.3) is 0 Å². The van der Waals surface area contributed by atoms with Gasteiger partial charge in [0.05, 0.1) is 5.56 Å². The molecule has 0 radical (unpaired) electrons. The number of nitrogens with one attached hydrogen (secondary N) is 1. The van der Waals surface area contributed by atoms with Crippen LogP contribution in [0.15, 0.2) is 17.0 Å². The number of halogens is 3. The van der Waals surface area contributed by atoms with E-state index in [4.69, 9.17) is 22.3 Å². The molecule has 0 heterocycles. The van der Waals surface area contributed by atoms with Crippen molar-refractivity contribution < 1.29 is 17.6 Å². The van der Waals surface area contributed by atoms with Crippen LogP contribution in [0.2, 0.25) is 5.02 Å². The van der Waals surface area contributed by atoms with Gasteiger partial charge in [-0.25, -0.2) is 12.8 Å². The molecule has 1 N–H and O–H groups in total. The van der Waals surface area contributed by atoms with E-state index in [1.54, 1.807) is 0 Å². The zero-order chi connectivity index (χ0) is 14.4. The van der Waals surface area contributed by atoms with Gasteiger partial charge in [0.2, 0.25) is 0 Å². The highest BCUT2D eigenvalue weighted by atomic mass is 35.7. The Labute approximate surface area is 119 Å². The highest BCUT2D eigenvalue weighted by molar-refractivity contribution is 8.13. The van der Waals surface area contributed by atoms with Gasteiger partial charge in [0.15, 0.2) is 5.82 Å². The van der Waals surface area contributed by atoms with Crippen LogP contribution in [-0.4, -0.2) is 20.4 Å². The number of hydrogen-bond donors (Lipinski definition) is 1. The summed E-state index contributed by atoms with van der Waals surface area (Å²) in [6.07, 6.45) is 0.814. The van der Waals surface area contributed by atoms with Gasteiger partial charge in [0.25, 0.3) is 15.0 Å². The van der Waals surface area contributed by atoms with Gasteiger partial charge in [-0.05, 0) is 24.5 Å². The van der Waals surface area contributed by atoms with Gasteiger partial charge < -0.3 is 5.32 Å². The highest BCUT2D eigenvalue weighted by Gasteiger charge is 2.35. The third-order valence-corrected chi connectivity index (χ3v) is 4.48. The predicted octanol–water partition coefficient (Wildman–Crippen LogP) is 2.54. The summed E-state index contributed by atoms with van der Waals surface area (Å²) in [5.41, 5.74) is -0.425. The van der Waals surface area contributed by atoms with E-state index in [9.17, 15) is 17.6 Å². The lowest BCUT2D eigenvalue weighted by atomic mass is 10.2. The van der Waals surface area contributed by atoms with Crippen molar-refractivity contribution in [3.63, 3.8) is 0 Å². The number of benzene rings is 1. The number of amides is 1. The molecule has 8 heteroatoms. The lowest BCUT2D eigenvalue weighted by Gasteiger charge is -2.08. The van der Waals surface area contributed by atoms with E-state index < -0.39 is 31.2 Å². The molecule has 1 amide bonds. The summed E-state index contributed by atoms with van der Waals surface area (Å²) >= 11 is 5.68. The zero-order valence-corrected chi connectivity index (χ0v) is 12.1. The minimum atomic E-state index is -4.30. The first-order chi connectivity index (χ1) is 8.70. The summed E-state index contributed by atoms with van der Waals surface area (Å²) in [5, 5.41) is 2.52. The average molecular weight is 326 g/mol. The molecular formula is C11H10Cl2FNO3S. The Morgan fingerprint density at radius 3 is 2.53 bits per heavy atom. The van der Waals surface area contributed by atoms with E-state index in [0.29, 0.717) is 5.92 Å². The number of carbonyl (C=O) groups excluding carboxylic acids is 1. The lowest BCUT2D eigenvalue weighted by molar-refractivity contribution is 0.0944. The molecule has 1 aromatic rings. The van der Waals surface area contributed by atoms with Gasteiger partial charge in [-0.15, -0.1) is 0 Å². The standard InChI is InChI=1S/C11H10Cl2FNO3S/c1-5-2-8(5)15-11(16)7-3-6(12)4-9(10(7)14)19(13,17)18/h3-5,8H,2H2,1H3,(H,15,16). The van der Waals surface area contributed by atoms with E-state index in [1.807, 2.05) is 6.92 Å². The van der Waals surface area contributed by atoms with Crippen molar-refractivity contribution in [2.45, 2.75) is 24.3 Å². The fourth-order valence-electron chi connectivity index (χ4n) is 1.68. The zero-order valence-electron chi connectivity index (χ0n) is 9.78. The highest BCUT2D eigenvalue weighted by Crippen LogP contribution is 2.30. The van der Waals surface area contributed by atoms with Crippen molar-refractivity contribution in [1.82, 2.24) is 5.32 Å². The maximum atomic E-state index is 14.0.